The summed E-state index contributed by atoms with van der Waals surface area (Å²) in [6.45, 7) is 4.01. The highest BCUT2D eigenvalue weighted by Gasteiger charge is 2.18. The maximum absolute atomic E-state index is 13.5. The van der Waals surface area contributed by atoms with Crippen molar-refractivity contribution in [3.05, 3.63) is 105 Å². The van der Waals surface area contributed by atoms with Crippen LogP contribution in [0.25, 0.3) is 0 Å². The first-order valence-electron chi connectivity index (χ1n) is 10.4. The minimum Gasteiger partial charge on any atom is -0.486 e. The Balaban J connectivity index is 1.39. The van der Waals surface area contributed by atoms with Crippen LogP contribution in [0.2, 0.25) is 0 Å². The number of anilines is 1. The molecular formula is C24H21FN4O5. The SMILES string of the molecule is Cc1nn(Cc2cccc(F)c2)c(C)c1NC(=O)c1ccc(COc2ccc([N+](=O)[O-])cc2)o1. The Morgan fingerprint density at radius 2 is 1.94 bits per heavy atom. The summed E-state index contributed by atoms with van der Waals surface area (Å²) in [5.41, 5.74) is 2.63. The number of aromatic nitrogens is 2. The standard InChI is InChI=1S/C24H21FN4O5/c1-15-23(16(2)28(27-15)13-17-4-3-5-18(25)12-17)26-24(30)22-11-10-21(34-22)14-33-20-8-6-19(7-9-20)29(31)32/h3-12H,13-14H2,1-2H3,(H,26,30). The van der Waals surface area contributed by atoms with E-state index in [-0.39, 0.29) is 23.9 Å². The number of nitrogens with zero attached hydrogens (tertiary/aromatic N) is 3. The van der Waals surface area contributed by atoms with E-state index in [0.29, 0.717) is 29.4 Å². The molecule has 10 heteroatoms. The molecule has 0 aliphatic carbocycles. The molecule has 0 fully saturated rings. The number of amides is 1. The van der Waals surface area contributed by atoms with Gasteiger partial charge in [-0.2, -0.15) is 5.10 Å². The van der Waals surface area contributed by atoms with Crippen LogP contribution in [0.15, 0.2) is 65.1 Å². The Hall–Kier alpha value is -4.47. The molecule has 34 heavy (non-hydrogen) atoms. The predicted octanol–water partition coefficient (Wildman–Crippen LogP) is 5.02. The number of ether oxygens (including phenoxy) is 1. The summed E-state index contributed by atoms with van der Waals surface area (Å²) in [6, 6.07) is 15.1. The Morgan fingerprint density at radius 1 is 1.18 bits per heavy atom. The van der Waals surface area contributed by atoms with E-state index < -0.39 is 10.8 Å². The molecule has 0 atom stereocenters. The summed E-state index contributed by atoms with van der Waals surface area (Å²) in [4.78, 5) is 23.0. The predicted molar refractivity (Wildman–Crippen MR) is 121 cm³/mol. The third-order valence-corrected chi connectivity index (χ3v) is 5.16. The molecule has 0 unspecified atom stereocenters. The smallest absolute Gasteiger partial charge is 0.291 e. The minimum atomic E-state index is -0.490. The van der Waals surface area contributed by atoms with Crippen molar-refractivity contribution in [2.24, 2.45) is 0 Å². The first kappa shape index (κ1) is 22.7. The van der Waals surface area contributed by atoms with Gasteiger partial charge in [-0.3, -0.25) is 19.6 Å². The lowest BCUT2D eigenvalue weighted by Crippen LogP contribution is -2.12. The molecule has 0 spiro atoms. The zero-order valence-electron chi connectivity index (χ0n) is 18.4. The highest BCUT2D eigenvalue weighted by molar-refractivity contribution is 6.02. The molecule has 0 radical (unpaired) electrons. The lowest BCUT2D eigenvalue weighted by atomic mass is 10.2. The molecule has 2 aromatic carbocycles. The summed E-state index contributed by atoms with van der Waals surface area (Å²) in [6.07, 6.45) is 0. The van der Waals surface area contributed by atoms with Gasteiger partial charge in [0, 0.05) is 12.1 Å². The van der Waals surface area contributed by atoms with Gasteiger partial charge in [-0.1, -0.05) is 12.1 Å². The molecule has 9 nitrogen and oxygen atoms in total. The normalized spacial score (nSPS) is 10.8. The van der Waals surface area contributed by atoms with Crippen LogP contribution in [-0.4, -0.2) is 20.6 Å². The van der Waals surface area contributed by atoms with Crippen LogP contribution in [0.5, 0.6) is 5.75 Å². The van der Waals surface area contributed by atoms with Gasteiger partial charge in [0.15, 0.2) is 5.76 Å². The number of hydrogen-bond donors (Lipinski definition) is 1. The summed E-state index contributed by atoms with van der Waals surface area (Å²) >= 11 is 0. The monoisotopic (exact) mass is 464 g/mol. The fourth-order valence-electron chi connectivity index (χ4n) is 3.41. The van der Waals surface area contributed by atoms with Crippen molar-refractivity contribution >= 4 is 17.3 Å². The fraction of sp³-hybridized carbons (Fsp3) is 0.167. The van der Waals surface area contributed by atoms with Crippen molar-refractivity contribution in [3.63, 3.8) is 0 Å². The summed E-state index contributed by atoms with van der Waals surface area (Å²) < 4.78 is 26.3. The van der Waals surface area contributed by atoms with Gasteiger partial charge in [0.05, 0.1) is 28.5 Å². The second-order valence-electron chi connectivity index (χ2n) is 7.59. The van der Waals surface area contributed by atoms with Gasteiger partial charge in [0.2, 0.25) is 0 Å². The van der Waals surface area contributed by atoms with E-state index in [1.165, 1.54) is 42.5 Å². The molecule has 174 valence electrons. The minimum absolute atomic E-state index is 0.0332. The third-order valence-electron chi connectivity index (χ3n) is 5.16. The molecule has 1 amide bonds. The second-order valence-corrected chi connectivity index (χ2v) is 7.59. The van der Waals surface area contributed by atoms with Crippen LogP contribution in [0, 0.1) is 29.8 Å². The van der Waals surface area contributed by atoms with E-state index >= 15 is 0 Å². The highest BCUT2D eigenvalue weighted by Crippen LogP contribution is 2.23. The van der Waals surface area contributed by atoms with Gasteiger partial charge >= 0.3 is 0 Å². The number of carbonyl (C=O) groups is 1. The number of halogens is 1. The number of nitro benzene ring substituents is 1. The molecule has 4 aromatic rings. The van der Waals surface area contributed by atoms with Crippen LogP contribution in [-0.2, 0) is 13.2 Å². The highest BCUT2D eigenvalue weighted by atomic mass is 19.1. The molecule has 1 N–H and O–H groups in total. The quantitative estimate of drug-likeness (QED) is 0.289. The van der Waals surface area contributed by atoms with Crippen LogP contribution in [0.1, 0.15) is 33.3 Å². The molecule has 0 aliphatic rings. The van der Waals surface area contributed by atoms with Crippen LogP contribution >= 0.6 is 0 Å². The Bertz CT molecular complexity index is 1340. The number of benzene rings is 2. The number of rotatable bonds is 8. The lowest BCUT2D eigenvalue weighted by Gasteiger charge is -2.07. The third kappa shape index (κ3) is 5.12. The zero-order valence-corrected chi connectivity index (χ0v) is 18.4. The van der Waals surface area contributed by atoms with Crippen molar-refractivity contribution in [3.8, 4) is 5.75 Å². The molecular weight excluding hydrogens is 443 g/mol. The number of nitrogens with one attached hydrogen (secondary N) is 1. The Kier molecular flexibility index (Phi) is 6.39. The molecule has 0 saturated carbocycles. The van der Waals surface area contributed by atoms with Crippen molar-refractivity contribution in [2.75, 3.05) is 5.32 Å². The van der Waals surface area contributed by atoms with Crippen LogP contribution in [0.4, 0.5) is 15.8 Å². The van der Waals surface area contributed by atoms with Gasteiger partial charge in [-0.25, -0.2) is 4.39 Å². The van der Waals surface area contributed by atoms with Gasteiger partial charge < -0.3 is 14.5 Å². The topological polar surface area (TPSA) is 112 Å². The van der Waals surface area contributed by atoms with E-state index in [1.807, 2.05) is 6.92 Å². The summed E-state index contributed by atoms with van der Waals surface area (Å²) in [7, 11) is 0. The number of non-ortho nitro benzene ring substituents is 1. The zero-order chi connectivity index (χ0) is 24.2. The van der Waals surface area contributed by atoms with Crippen LogP contribution in [0.3, 0.4) is 0 Å². The number of aryl methyl sites for hydroxylation is 1. The lowest BCUT2D eigenvalue weighted by molar-refractivity contribution is -0.384. The average molecular weight is 464 g/mol. The maximum Gasteiger partial charge on any atom is 0.291 e. The van der Waals surface area contributed by atoms with Gasteiger partial charge in [0.1, 0.15) is 23.9 Å². The van der Waals surface area contributed by atoms with E-state index in [4.69, 9.17) is 9.15 Å². The largest absolute Gasteiger partial charge is 0.486 e. The maximum atomic E-state index is 13.5. The molecule has 0 saturated heterocycles. The summed E-state index contributed by atoms with van der Waals surface area (Å²) in [5.74, 6) is 0.180. The van der Waals surface area contributed by atoms with E-state index in [9.17, 15) is 19.3 Å². The first-order valence-corrected chi connectivity index (χ1v) is 10.4. The van der Waals surface area contributed by atoms with Crippen molar-refractivity contribution in [2.45, 2.75) is 27.0 Å². The van der Waals surface area contributed by atoms with Crippen molar-refractivity contribution in [1.82, 2.24) is 9.78 Å². The van der Waals surface area contributed by atoms with Crippen molar-refractivity contribution in [1.29, 1.82) is 0 Å². The average Bonchev–Trinajstić information content (AvgIpc) is 3.38. The number of nitro groups is 1. The fourth-order valence-corrected chi connectivity index (χ4v) is 3.41. The second kappa shape index (κ2) is 9.57. The molecule has 4 rings (SSSR count). The van der Waals surface area contributed by atoms with Gasteiger partial charge in [0.25, 0.3) is 11.6 Å². The van der Waals surface area contributed by atoms with E-state index in [2.05, 4.69) is 10.4 Å². The Morgan fingerprint density at radius 3 is 2.65 bits per heavy atom. The van der Waals surface area contributed by atoms with Crippen LogP contribution < -0.4 is 10.1 Å². The number of carbonyl (C=O) groups excluding carboxylic acids is 1. The van der Waals surface area contributed by atoms with Crippen molar-refractivity contribution < 1.29 is 23.3 Å². The van der Waals surface area contributed by atoms with E-state index in [0.717, 1.165) is 11.3 Å². The summed E-state index contributed by atoms with van der Waals surface area (Å²) in [5, 5.41) is 18.0. The number of furan rings is 1. The number of hydrogen-bond acceptors (Lipinski definition) is 6. The molecule has 0 aliphatic heterocycles. The first-order chi connectivity index (χ1) is 16.3. The van der Waals surface area contributed by atoms with E-state index in [1.54, 1.807) is 29.8 Å². The molecule has 2 aromatic heterocycles. The Labute approximate surface area is 193 Å². The molecule has 2 heterocycles. The van der Waals surface area contributed by atoms with Gasteiger partial charge in [-0.05, 0) is 55.8 Å². The molecule has 0 bridgehead atoms. The van der Waals surface area contributed by atoms with Gasteiger partial charge in [-0.15, -0.1) is 0 Å².